The van der Waals surface area contributed by atoms with Crippen molar-refractivity contribution in [2.75, 3.05) is 32.9 Å². The maximum atomic E-state index is 5.92. The second kappa shape index (κ2) is 5.96. The Bertz CT molecular complexity index is 213. The van der Waals surface area contributed by atoms with Crippen molar-refractivity contribution in [3.05, 3.63) is 0 Å². The van der Waals surface area contributed by atoms with Crippen molar-refractivity contribution < 1.29 is 9.47 Å². The van der Waals surface area contributed by atoms with E-state index in [1.54, 1.807) is 0 Å². The molecule has 4 nitrogen and oxygen atoms in total. The molecule has 0 saturated carbocycles. The van der Waals surface area contributed by atoms with Gasteiger partial charge >= 0.3 is 0 Å². The number of morpholine rings is 1. The fourth-order valence-electron chi connectivity index (χ4n) is 2.24. The summed E-state index contributed by atoms with van der Waals surface area (Å²) >= 11 is 0. The van der Waals surface area contributed by atoms with Crippen LogP contribution in [0.2, 0.25) is 0 Å². The number of nitrogens with two attached hydrogens (primary N) is 1. The zero-order valence-electron chi connectivity index (χ0n) is 11.0. The molecule has 1 heterocycles. The van der Waals surface area contributed by atoms with Crippen LogP contribution in [0.1, 0.15) is 27.7 Å². The largest absolute Gasteiger partial charge is 0.380 e. The molecule has 4 heteroatoms. The molecule has 2 N–H and O–H groups in total. The Morgan fingerprint density at radius 1 is 1.50 bits per heavy atom. The van der Waals surface area contributed by atoms with E-state index in [0.717, 1.165) is 19.8 Å². The lowest BCUT2D eigenvalue weighted by atomic mass is 9.97. The minimum Gasteiger partial charge on any atom is -0.380 e. The predicted octanol–water partition coefficient (Wildman–Crippen LogP) is 0.850. The van der Waals surface area contributed by atoms with Crippen molar-refractivity contribution in [1.29, 1.82) is 0 Å². The van der Waals surface area contributed by atoms with E-state index in [0.29, 0.717) is 19.2 Å². The van der Waals surface area contributed by atoms with E-state index >= 15 is 0 Å². The van der Waals surface area contributed by atoms with Gasteiger partial charge in [-0.15, -0.1) is 0 Å². The fourth-order valence-corrected chi connectivity index (χ4v) is 2.24. The van der Waals surface area contributed by atoms with Crippen LogP contribution in [0, 0.1) is 0 Å². The Balaban J connectivity index is 2.68. The molecule has 3 unspecified atom stereocenters. The van der Waals surface area contributed by atoms with Crippen LogP contribution in [0.5, 0.6) is 0 Å². The molecule has 1 rings (SSSR count). The highest BCUT2D eigenvalue weighted by Crippen LogP contribution is 2.22. The summed E-state index contributed by atoms with van der Waals surface area (Å²) in [7, 11) is 0. The van der Waals surface area contributed by atoms with E-state index in [4.69, 9.17) is 15.2 Å². The third-order valence-electron chi connectivity index (χ3n) is 3.36. The Labute approximate surface area is 99.1 Å². The van der Waals surface area contributed by atoms with E-state index in [1.807, 2.05) is 6.92 Å². The van der Waals surface area contributed by atoms with Gasteiger partial charge in [0.05, 0.1) is 24.9 Å². The lowest BCUT2D eigenvalue weighted by Crippen LogP contribution is -2.63. The van der Waals surface area contributed by atoms with E-state index in [2.05, 4.69) is 25.7 Å². The minimum absolute atomic E-state index is 0.0759. The smallest absolute Gasteiger partial charge is 0.0675 e. The Morgan fingerprint density at radius 3 is 2.75 bits per heavy atom. The van der Waals surface area contributed by atoms with E-state index in [1.165, 1.54) is 0 Å². The van der Waals surface area contributed by atoms with Crippen LogP contribution in [0.3, 0.4) is 0 Å². The summed E-state index contributed by atoms with van der Waals surface area (Å²) in [5, 5.41) is 0. The molecule has 96 valence electrons. The summed E-state index contributed by atoms with van der Waals surface area (Å²) in [5.74, 6) is 0. The SMILES string of the molecule is CCOCC(C)(CN)N1CC(C)OCC1C. The number of hydrogen-bond donors (Lipinski definition) is 1. The molecule has 0 bridgehead atoms. The number of nitrogens with zero attached hydrogens (tertiary/aromatic N) is 1. The zero-order chi connectivity index (χ0) is 12.2. The van der Waals surface area contributed by atoms with Crippen LogP contribution in [-0.4, -0.2) is 55.5 Å². The van der Waals surface area contributed by atoms with Gasteiger partial charge in [0.1, 0.15) is 0 Å². The first-order chi connectivity index (χ1) is 7.53. The van der Waals surface area contributed by atoms with Crippen molar-refractivity contribution in [2.45, 2.75) is 45.4 Å². The number of rotatable bonds is 5. The first kappa shape index (κ1) is 13.9. The molecule has 0 aromatic heterocycles. The monoisotopic (exact) mass is 230 g/mol. The topological polar surface area (TPSA) is 47.7 Å². The summed E-state index contributed by atoms with van der Waals surface area (Å²) in [5.41, 5.74) is 5.85. The second-order valence-corrected chi connectivity index (χ2v) is 4.98. The summed E-state index contributed by atoms with van der Waals surface area (Å²) in [6, 6.07) is 0.408. The highest BCUT2D eigenvalue weighted by atomic mass is 16.5. The maximum Gasteiger partial charge on any atom is 0.0675 e. The molecular weight excluding hydrogens is 204 g/mol. The molecule has 0 radical (unpaired) electrons. The van der Waals surface area contributed by atoms with Gasteiger partial charge < -0.3 is 15.2 Å². The van der Waals surface area contributed by atoms with Gasteiger partial charge in [-0.25, -0.2) is 0 Å². The molecule has 0 amide bonds. The summed E-state index contributed by atoms with van der Waals surface area (Å²) < 4.78 is 11.2. The van der Waals surface area contributed by atoms with Gasteiger partial charge in [-0.1, -0.05) is 0 Å². The molecule has 3 atom stereocenters. The highest BCUT2D eigenvalue weighted by molar-refractivity contribution is 4.92. The van der Waals surface area contributed by atoms with Gasteiger partial charge in [-0.2, -0.15) is 0 Å². The molecule has 0 spiro atoms. The Kier molecular flexibility index (Phi) is 5.18. The van der Waals surface area contributed by atoms with E-state index in [9.17, 15) is 0 Å². The maximum absolute atomic E-state index is 5.92. The molecule has 1 aliphatic heterocycles. The van der Waals surface area contributed by atoms with Crippen molar-refractivity contribution >= 4 is 0 Å². The van der Waals surface area contributed by atoms with Gasteiger partial charge in [-0.3, -0.25) is 4.90 Å². The van der Waals surface area contributed by atoms with Gasteiger partial charge in [0.15, 0.2) is 0 Å². The van der Waals surface area contributed by atoms with E-state index < -0.39 is 0 Å². The number of hydrogen-bond acceptors (Lipinski definition) is 4. The second-order valence-electron chi connectivity index (χ2n) is 4.98. The molecule has 1 fully saturated rings. The van der Waals surface area contributed by atoms with Gasteiger partial charge in [-0.05, 0) is 27.7 Å². The summed E-state index contributed by atoms with van der Waals surface area (Å²) in [6.07, 6.45) is 0.281. The quantitative estimate of drug-likeness (QED) is 0.760. The lowest BCUT2D eigenvalue weighted by molar-refractivity contribution is -0.106. The van der Waals surface area contributed by atoms with Gasteiger partial charge in [0, 0.05) is 25.7 Å². The predicted molar refractivity (Wildman–Crippen MR) is 65.5 cm³/mol. The van der Waals surface area contributed by atoms with Crippen molar-refractivity contribution in [3.63, 3.8) is 0 Å². The van der Waals surface area contributed by atoms with Gasteiger partial charge in [0.25, 0.3) is 0 Å². The van der Waals surface area contributed by atoms with Crippen LogP contribution in [0.4, 0.5) is 0 Å². The third-order valence-corrected chi connectivity index (χ3v) is 3.36. The van der Waals surface area contributed by atoms with Crippen molar-refractivity contribution in [2.24, 2.45) is 5.73 Å². The van der Waals surface area contributed by atoms with Crippen LogP contribution < -0.4 is 5.73 Å². The average molecular weight is 230 g/mol. The molecule has 1 aliphatic rings. The first-order valence-corrected chi connectivity index (χ1v) is 6.19. The van der Waals surface area contributed by atoms with Crippen LogP contribution in [-0.2, 0) is 9.47 Å². The van der Waals surface area contributed by atoms with Crippen LogP contribution >= 0.6 is 0 Å². The Morgan fingerprint density at radius 2 is 2.19 bits per heavy atom. The molecule has 0 aliphatic carbocycles. The van der Waals surface area contributed by atoms with E-state index in [-0.39, 0.29) is 11.6 Å². The normalized spacial score (nSPS) is 31.3. The molecule has 0 aromatic rings. The molecule has 0 aromatic carbocycles. The van der Waals surface area contributed by atoms with Crippen molar-refractivity contribution in [3.8, 4) is 0 Å². The minimum atomic E-state index is -0.0759. The first-order valence-electron chi connectivity index (χ1n) is 6.19. The Hall–Kier alpha value is -0.160. The van der Waals surface area contributed by atoms with Gasteiger partial charge in [0.2, 0.25) is 0 Å². The molecular formula is C12H26N2O2. The molecule has 16 heavy (non-hydrogen) atoms. The average Bonchev–Trinajstić information content (AvgIpc) is 2.29. The summed E-state index contributed by atoms with van der Waals surface area (Å²) in [6.45, 7) is 12.2. The standard InChI is InChI=1S/C12H26N2O2/c1-5-15-9-12(4,8-13)14-6-11(3)16-7-10(14)2/h10-11H,5-9,13H2,1-4H3. The summed E-state index contributed by atoms with van der Waals surface area (Å²) in [4.78, 5) is 2.43. The molecule has 1 saturated heterocycles. The third kappa shape index (κ3) is 3.17. The van der Waals surface area contributed by atoms with Crippen LogP contribution in [0.25, 0.3) is 0 Å². The fraction of sp³-hybridized carbons (Fsp3) is 1.00. The number of ether oxygens (including phenoxy) is 2. The highest BCUT2D eigenvalue weighted by Gasteiger charge is 2.37. The van der Waals surface area contributed by atoms with Crippen LogP contribution in [0.15, 0.2) is 0 Å². The lowest BCUT2D eigenvalue weighted by Gasteiger charge is -2.47. The van der Waals surface area contributed by atoms with Crippen molar-refractivity contribution in [1.82, 2.24) is 4.90 Å². The zero-order valence-corrected chi connectivity index (χ0v) is 11.0.